The lowest BCUT2D eigenvalue weighted by Gasteiger charge is -2.24. The van der Waals surface area contributed by atoms with E-state index in [1.54, 1.807) is 46.4 Å². The van der Waals surface area contributed by atoms with Crippen LogP contribution in [0, 0.1) is 0 Å². The highest BCUT2D eigenvalue weighted by Gasteiger charge is 2.35. The molecule has 0 spiro atoms. The van der Waals surface area contributed by atoms with E-state index in [1.807, 2.05) is 0 Å². The first-order chi connectivity index (χ1) is 14.0. The van der Waals surface area contributed by atoms with Crippen molar-refractivity contribution >= 4 is 21.1 Å². The summed E-state index contributed by atoms with van der Waals surface area (Å²) in [4.78, 5) is 14.3. The zero-order valence-electron chi connectivity index (χ0n) is 19.2. The normalized spacial score (nSPS) is 18.0. The van der Waals surface area contributed by atoms with E-state index in [4.69, 9.17) is 22.8 Å². The third kappa shape index (κ3) is 10.4. The molecular weight excluding hydrogens is 432 g/mol. The number of likely N-dealkylation sites (tertiary alicyclic amines) is 1. The first kappa shape index (κ1) is 27.8. The zero-order valence-corrected chi connectivity index (χ0v) is 21.0. The van der Waals surface area contributed by atoms with Gasteiger partial charge in [0.05, 0.1) is 37.7 Å². The van der Waals surface area contributed by atoms with Gasteiger partial charge in [-0.05, 0) is 54.4 Å². The van der Waals surface area contributed by atoms with Crippen LogP contribution in [0.25, 0.3) is 0 Å². The number of carbonyl (C=O) groups is 1. The molecule has 0 unspecified atom stereocenters. The third-order valence-electron chi connectivity index (χ3n) is 4.15. The van der Waals surface area contributed by atoms with Crippen LogP contribution in [-0.4, -0.2) is 74.4 Å². The van der Waals surface area contributed by atoms with E-state index in [9.17, 15) is 13.9 Å². The summed E-state index contributed by atoms with van der Waals surface area (Å²) >= 11 is 0. The average molecular weight is 471 g/mol. The van der Waals surface area contributed by atoms with Gasteiger partial charge in [-0.1, -0.05) is 0 Å². The Morgan fingerprint density at radius 2 is 1.57 bits per heavy atom. The number of hydrogen-bond acceptors (Lipinski definition) is 8. The molecule has 0 saturated carbocycles. The summed E-state index contributed by atoms with van der Waals surface area (Å²) in [7, 11) is -6.57. The minimum Gasteiger partial charge on any atom is -0.376 e. The SMILES string of the molecule is CCOP(=O)(CCCO[C@H]1CCN(C(=O)CP(=O)(OC(C)C)OC(C)C)C1)OCC. The van der Waals surface area contributed by atoms with Crippen molar-refractivity contribution in [1.29, 1.82) is 0 Å². The van der Waals surface area contributed by atoms with Gasteiger partial charge in [0.2, 0.25) is 5.91 Å². The summed E-state index contributed by atoms with van der Waals surface area (Å²) in [6.45, 7) is 12.6. The fourth-order valence-electron chi connectivity index (χ4n) is 3.17. The number of hydrogen-bond donors (Lipinski definition) is 0. The summed E-state index contributed by atoms with van der Waals surface area (Å²) in [5, 5.41) is 0. The van der Waals surface area contributed by atoms with E-state index in [1.165, 1.54) is 0 Å². The minimum absolute atomic E-state index is 0.107. The van der Waals surface area contributed by atoms with Gasteiger partial charge in [-0.15, -0.1) is 0 Å². The Morgan fingerprint density at radius 1 is 1.00 bits per heavy atom. The summed E-state index contributed by atoms with van der Waals surface area (Å²) in [5.74, 6) is -0.261. The summed E-state index contributed by atoms with van der Waals surface area (Å²) in [6.07, 6.45) is 0.544. The lowest BCUT2D eigenvalue weighted by Crippen LogP contribution is -2.33. The van der Waals surface area contributed by atoms with Gasteiger partial charge < -0.3 is 27.7 Å². The lowest BCUT2D eigenvalue weighted by molar-refractivity contribution is -0.128. The maximum Gasteiger partial charge on any atom is 0.340 e. The van der Waals surface area contributed by atoms with Gasteiger partial charge in [0.1, 0.15) is 6.16 Å². The Morgan fingerprint density at radius 3 is 2.07 bits per heavy atom. The Balaban J connectivity index is 2.46. The fraction of sp³-hybridized carbons (Fsp3) is 0.947. The van der Waals surface area contributed by atoms with Gasteiger partial charge in [-0.25, -0.2) is 0 Å². The maximum absolute atomic E-state index is 12.9. The molecule has 0 aromatic carbocycles. The van der Waals surface area contributed by atoms with E-state index >= 15 is 0 Å². The summed E-state index contributed by atoms with van der Waals surface area (Å²) in [6, 6.07) is 0. The molecular formula is C19H39NO8P2. The van der Waals surface area contributed by atoms with Crippen molar-refractivity contribution in [3.8, 4) is 0 Å². The van der Waals surface area contributed by atoms with Crippen molar-refractivity contribution in [2.24, 2.45) is 0 Å². The van der Waals surface area contributed by atoms with Crippen LogP contribution in [0.1, 0.15) is 54.4 Å². The molecule has 0 aromatic rings. The van der Waals surface area contributed by atoms with E-state index in [2.05, 4.69) is 0 Å². The Labute approximate surface area is 181 Å². The van der Waals surface area contributed by atoms with Crippen LogP contribution >= 0.6 is 15.2 Å². The highest BCUT2D eigenvalue weighted by atomic mass is 31.2. The molecule has 0 aliphatic carbocycles. The number of ether oxygens (including phenoxy) is 1. The predicted molar refractivity (Wildman–Crippen MR) is 116 cm³/mol. The second-order valence-corrected chi connectivity index (χ2v) is 11.9. The van der Waals surface area contributed by atoms with Gasteiger partial charge in [0, 0.05) is 19.7 Å². The summed E-state index contributed by atoms with van der Waals surface area (Å²) in [5.41, 5.74) is 0. The first-order valence-electron chi connectivity index (χ1n) is 10.8. The first-order valence-corrected chi connectivity index (χ1v) is 14.2. The molecule has 1 atom stereocenters. The molecule has 1 heterocycles. The molecule has 178 valence electrons. The highest BCUT2D eigenvalue weighted by molar-refractivity contribution is 7.55. The van der Waals surface area contributed by atoms with Gasteiger partial charge in [-0.2, -0.15) is 0 Å². The molecule has 1 fully saturated rings. The zero-order chi connectivity index (χ0) is 22.8. The topological polar surface area (TPSA) is 101 Å². The van der Waals surface area contributed by atoms with Gasteiger partial charge in [0.15, 0.2) is 0 Å². The van der Waals surface area contributed by atoms with E-state index in [0.29, 0.717) is 51.9 Å². The largest absolute Gasteiger partial charge is 0.376 e. The minimum atomic E-state index is -3.51. The molecule has 1 rings (SSSR count). The van der Waals surface area contributed by atoms with Crippen molar-refractivity contribution in [3.63, 3.8) is 0 Å². The maximum atomic E-state index is 12.9. The second kappa shape index (κ2) is 13.3. The molecule has 1 amide bonds. The molecule has 11 heteroatoms. The molecule has 9 nitrogen and oxygen atoms in total. The van der Waals surface area contributed by atoms with Crippen LogP contribution in [0.15, 0.2) is 0 Å². The number of amides is 1. The standard InChI is InChI=1S/C19H39NO8P2/c1-7-25-29(22,26-8-2)13-9-12-24-18-10-11-20(14-18)19(21)15-30(23,27-16(3)4)28-17(5)6/h16-18H,7-15H2,1-6H3/t18-/m0/s1. The Kier molecular flexibility index (Phi) is 12.3. The molecule has 1 aliphatic heterocycles. The smallest absolute Gasteiger partial charge is 0.340 e. The molecule has 0 N–H and O–H groups in total. The second-order valence-electron chi connectivity index (χ2n) is 7.72. The average Bonchev–Trinajstić information content (AvgIpc) is 3.06. The molecule has 0 aromatic heterocycles. The summed E-state index contributed by atoms with van der Waals surface area (Å²) < 4.78 is 52.6. The molecule has 1 saturated heterocycles. The van der Waals surface area contributed by atoms with E-state index in [0.717, 1.165) is 0 Å². The van der Waals surface area contributed by atoms with Crippen molar-refractivity contribution in [3.05, 3.63) is 0 Å². The number of rotatable bonds is 15. The number of carbonyl (C=O) groups excluding carboxylic acids is 1. The molecule has 1 aliphatic rings. The quantitative estimate of drug-likeness (QED) is 0.257. The Bertz CT molecular complexity index is 589. The van der Waals surface area contributed by atoms with Crippen molar-refractivity contribution in [1.82, 2.24) is 4.90 Å². The number of nitrogens with zero attached hydrogens (tertiary/aromatic N) is 1. The van der Waals surface area contributed by atoms with Crippen LogP contribution in [0.5, 0.6) is 0 Å². The van der Waals surface area contributed by atoms with Gasteiger partial charge in [-0.3, -0.25) is 13.9 Å². The van der Waals surface area contributed by atoms with Crippen molar-refractivity contribution in [2.45, 2.75) is 72.7 Å². The van der Waals surface area contributed by atoms with E-state index in [-0.39, 0.29) is 30.4 Å². The van der Waals surface area contributed by atoms with Crippen LogP contribution in [-0.2, 0) is 36.8 Å². The van der Waals surface area contributed by atoms with Gasteiger partial charge in [0.25, 0.3) is 0 Å². The van der Waals surface area contributed by atoms with Crippen LogP contribution in [0.4, 0.5) is 0 Å². The molecule has 30 heavy (non-hydrogen) atoms. The highest BCUT2D eigenvalue weighted by Crippen LogP contribution is 2.50. The Hall–Kier alpha value is -0.270. The van der Waals surface area contributed by atoms with Crippen LogP contribution in [0.2, 0.25) is 0 Å². The molecule has 0 bridgehead atoms. The van der Waals surface area contributed by atoms with Crippen LogP contribution < -0.4 is 0 Å². The van der Waals surface area contributed by atoms with Crippen molar-refractivity contribution in [2.75, 3.05) is 45.2 Å². The van der Waals surface area contributed by atoms with Crippen molar-refractivity contribution < 1.29 is 36.8 Å². The third-order valence-corrected chi connectivity index (χ3v) is 8.46. The fourth-order valence-corrected chi connectivity index (χ4v) is 6.82. The monoisotopic (exact) mass is 471 g/mol. The molecule has 0 radical (unpaired) electrons. The van der Waals surface area contributed by atoms with Crippen LogP contribution in [0.3, 0.4) is 0 Å². The predicted octanol–water partition coefficient (Wildman–Crippen LogP) is 4.30. The van der Waals surface area contributed by atoms with E-state index < -0.39 is 15.2 Å². The van der Waals surface area contributed by atoms with Gasteiger partial charge >= 0.3 is 15.2 Å². The lowest BCUT2D eigenvalue weighted by atomic mass is 10.3.